The van der Waals surface area contributed by atoms with Gasteiger partial charge >= 0.3 is 5.97 Å². The molecule has 2 fully saturated rings. The molecule has 1 saturated heterocycles. The zero-order chi connectivity index (χ0) is 17.1. The van der Waals surface area contributed by atoms with Crippen LogP contribution in [0.5, 0.6) is 0 Å². The molecule has 0 aromatic carbocycles. The number of hydrogen-bond donors (Lipinski definition) is 2. The molecule has 1 aliphatic carbocycles. The van der Waals surface area contributed by atoms with Crippen molar-refractivity contribution in [2.24, 2.45) is 5.92 Å². The highest BCUT2D eigenvalue weighted by Gasteiger charge is 2.45. The first-order chi connectivity index (χ1) is 10.8. The Hall–Kier alpha value is -1.63. The maximum atomic E-state index is 12.3. The van der Waals surface area contributed by atoms with Gasteiger partial charge in [-0.25, -0.2) is 0 Å². The van der Waals surface area contributed by atoms with Gasteiger partial charge in [0.1, 0.15) is 12.1 Å². The summed E-state index contributed by atoms with van der Waals surface area (Å²) in [6.45, 7) is 1.69. The zero-order valence-electron chi connectivity index (χ0n) is 14.1. The maximum absolute atomic E-state index is 12.3. The molecule has 4 unspecified atom stereocenters. The van der Waals surface area contributed by atoms with Crippen LogP contribution in [0.25, 0.3) is 0 Å². The second-order valence-corrected chi connectivity index (χ2v) is 6.90. The van der Waals surface area contributed by atoms with Gasteiger partial charge in [0.25, 0.3) is 0 Å². The molecule has 2 rings (SSSR count). The van der Waals surface area contributed by atoms with Crippen LogP contribution in [0.1, 0.15) is 39.0 Å². The summed E-state index contributed by atoms with van der Waals surface area (Å²) in [6, 6.07) is -1.02. The van der Waals surface area contributed by atoms with Gasteiger partial charge < -0.3 is 15.3 Å². The summed E-state index contributed by atoms with van der Waals surface area (Å²) in [5.41, 5.74) is 0. The molecule has 7 heteroatoms. The van der Waals surface area contributed by atoms with Gasteiger partial charge in [0.05, 0.1) is 6.54 Å². The molecule has 23 heavy (non-hydrogen) atoms. The Morgan fingerprint density at radius 1 is 1.26 bits per heavy atom. The van der Waals surface area contributed by atoms with Crippen molar-refractivity contribution in [1.82, 2.24) is 15.1 Å². The standard InChI is InChI=1S/C16H27N3O4/c1-10(15(21)18(2)3)17-14(20)9-19-12-7-5-4-6-11(12)8-13(19)16(22)23/h10-13H,4-9H2,1-3H3,(H,17,20)(H,22,23). The monoisotopic (exact) mass is 325 g/mol. The number of aliphatic carboxylic acids is 1. The van der Waals surface area contributed by atoms with E-state index in [9.17, 15) is 19.5 Å². The summed E-state index contributed by atoms with van der Waals surface area (Å²) in [4.78, 5) is 38.9. The van der Waals surface area contributed by atoms with Crippen LogP contribution >= 0.6 is 0 Å². The predicted octanol–water partition coefficient (Wildman–Crippen LogP) is 0.297. The molecule has 2 aliphatic rings. The minimum absolute atomic E-state index is 0.0448. The third-order valence-electron chi connectivity index (χ3n) is 5.02. The van der Waals surface area contributed by atoms with Crippen LogP contribution in [-0.2, 0) is 14.4 Å². The number of carboxylic acids is 1. The molecule has 1 saturated carbocycles. The van der Waals surface area contributed by atoms with Gasteiger partial charge in [0.2, 0.25) is 11.8 Å². The molecule has 0 spiro atoms. The van der Waals surface area contributed by atoms with Gasteiger partial charge in [-0.3, -0.25) is 19.3 Å². The lowest BCUT2D eigenvalue weighted by molar-refractivity contribution is -0.143. The molecule has 4 atom stereocenters. The first-order valence-electron chi connectivity index (χ1n) is 8.30. The SMILES string of the molecule is CC(NC(=O)CN1C(C(=O)O)CC2CCCCC21)C(=O)N(C)C. The van der Waals surface area contributed by atoms with E-state index in [4.69, 9.17) is 0 Å². The normalized spacial score (nSPS) is 28.7. The van der Waals surface area contributed by atoms with E-state index in [0.29, 0.717) is 12.3 Å². The summed E-state index contributed by atoms with van der Waals surface area (Å²) in [5, 5.41) is 12.1. The second-order valence-electron chi connectivity index (χ2n) is 6.90. The van der Waals surface area contributed by atoms with Crippen molar-refractivity contribution in [2.45, 2.75) is 57.2 Å². The van der Waals surface area contributed by atoms with Crippen LogP contribution in [0.4, 0.5) is 0 Å². The molecule has 7 nitrogen and oxygen atoms in total. The van der Waals surface area contributed by atoms with Gasteiger partial charge in [-0.2, -0.15) is 0 Å². The van der Waals surface area contributed by atoms with E-state index in [1.54, 1.807) is 21.0 Å². The average molecular weight is 325 g/mol. The van der Waals surface area contributed by atoms with E-state index in [2.05, 4.69) is 5.32 Å². The lowest BCUT2D eigenvalue weighted by Crippen LogP contribution is -2.51. The Balaban J connectivity index is 1.99. The van der Waals surface area contributed by atoms with Gasteiger partial charge in [-0.05, 0) is 32.1 Å². The number of rotatable bonds is 5. The van der Waals surface area contributed by atoms with Crippen LogP contribution in [0, 0.1) is 5.92 Å². The van der Waals surface area contributed by atoms with Crippen molar-refractivity contribution in [2.75, 3.05) is 20.6 Å². The summed E-state index contributed by atoms with van der Waals surface area (Å²) < 4.78 is 0. The molecule has 0 radical (unpaired) electrons. The van der Waals surface area contributed by atoms with Crippen molar-refractivity contribution < 1.29 is 19.5 Å². The smallest absolute Gasteiger partial charge is 0.320 e. The fourth-order valence-corrected chi connectivity index (χ4v) is 3.93. The van der Waals surface area contributed by atoms with Crippen molar-refractivity contribution in [3.05, 3.63) is 0 Å². The molecule has 0 aromatic rings. The molecule has 0 bridgehead atoms. The number of hydrogen-bond acceptors (Lipinski definition) is 4. The zero-order valence-corrected chi connectivity index (χ0v) is 14.1. The van der Waals surface area contributed by atoms with Gasteiger partial charge in [-0.15, -0.1) is 0 Å². The molecule has 2 amide bonds. The largest absolute Gasteiger partial charge is 0.480 e. The Morgan fingerprint density at radius 2 is 1.91 bits per heavy atom. The number of carbonyl (C=O) groups excluding carboxylic acids is 2. The lowest BCUT2D eigenvalue weighted by Gasteiger charge is -2.32. The molecule has 1 aliphatic heterocycles. The highest BCUT2D eigenvalue weighted by molar-refractivity contribution is 5.88. The van der Waals surface area contributed by atoms with E-state index in [1.807, 2.05) is 4.90 Å². The third kappa shape index (κ3) is 4.02. The molecular formula is C16H27N3O4. The maximum Gasteiger partial charge on any atom is 0.320 e. The summed E-state index contributed by atoms with van der Waals surface area (Å²) in [7, 11) is 3.27. The van der Waals surface area contributed by atoms with Crippen molar-refractivity contribution >= 4 is 17.8 Å². The Labute approximate surface area is 137 Å². The minimum Gasteiger partial charge on any atom is -0.480 e. The molecule has 0 aromatic heterocycles. The van der Waals surface area contributed by atoms with Gasteiger partial charge in [0, 0.05) is 20.1 Å². The van der Waals surface area contributed by atoms with E-state index >= 15 is 0 Å². The van der Waals surface area contributed by atoms with Gasteiger partial charge in [-0.1, -0.05) is 12.8 Å². The average Bonchev–Trinajstić information content (AvgIpc) is 2.85. The first kappa shape index (κ1) is 17.7. The number of nitrogens with zero attached hydrogens (tertiary/aromatic N) is 2. The fraction of sp³-hybridized carbons (Fsp3) is 0.812. The second kappa shape index (κ2) is 7.29. The number of likely N-dealkylation sites (N-methyl/N-ethyl adjacent to an activating group) is 1. The van der Waals surface area contributed by atoms with E-state index in [0.717, 1.165) is 25.7 Å². The van der Waals surface area contributed by atoms with Gasteiger partial charge in [0.15, 0.2) is 0 Å². The van der Waals surface area contributed by atoms with Crippen molar-refractivity contribution in [1.29, 1.82) is 0 Å². The van der Waals surface area contributed by atoms with Crippen LogP contribution in [-0.4, -0.2) is 71.5 Å². The quantitative estimate of drug-likeness (QED) is 0.759. The Kier molecular flexibility index (Phi) is 5.62. The summed E-state index contributed by atoms with van der Waals surface area (Å²) >= 11 is 0. The number of carboxylic acid groups (broad SMARTS) is 1. The van der Waals surface area contributed by atoms with E-state index in [1.165, 1.54) is 4.90 Å². The first-order valence-corrected chi connectivity index (χ1v) is 8.30. The third-order valence-corrected chi connectivity index (χ3v) is 5.02. The molecule has 2 N–H and O–H groups in total. The van der Waals surface area contributed by atoms with E-state index < -0.39 is 18.1 Å². The van der Waals surface area contributed by atoms with E-state index in [-0.39, 0.29) is 24.4 Å². The topological polar surface area (TPSA) is 90.0 Å². The van der Waals surface area contributed by atoms with Crippen molar-refractivity contribution in [3.63, 3.8) is 0 Å². The number of fused-ring (bicyclic) bond motifs is 1. The highest BCUT2D eigenvalue weighted by atomic mass is 16.4. The van der Waals surface area contributed by atoms with Crippen LogP contribution in [0.15, 0.2) is 0 Å². The molecular weight excluding hydrogens is 298 g/mol. The highest BCUT2D eigenvalue weighted by Crippen LogP contribution is 2.39. The summed E-state index contributed by atoms with van der Waals surface area (Å²) in [5.74, 6) is -0.946. The predicted molar refractivity (Wildman–Crippen MR) is 84.8 cm³/mol. The van der Waals surface area contributed by atoms with Crippen LogP contribution in [0.2, 0.25) is 0 Å². The fourth-order valence-electron chi connectivity index (χ4n) is 3.93. The number of amides is 2. The molecule has 130 valence electrons. The summed E-state index contributed by atoms with van der Waals surface area (Å²) in [6.07, 6.45) is 4.85. The number of likely N-dealkylation sites (tertiary alicyclic amines) is 1. The van der Waals surface area contributed by atoms with Crippen molar-refractivity contribution in [3.8, 4) is 0 Å². The minimum atomic E-state index is -0.857. The number of carbonyl (C=O) groups is 3. The molecule has 1 heterocycles. The van der Waals surface area contributed by atoms with Crippen LogP contribution in [0.3, 0.4) is 0 Å². The number of nitrogens with one attached hydrogen (secondary N) is 1. The van der Waals surface area contributed by atoms with Crippen LogP contribution < -0.4 is 5.32 Å². The Morgan fingerprint density at radius 3 is 2.52 bits per heavy atom. The lowest BCUT2D eigenvalue weighted by atomic mass is 9.85. The Bertz CT molecular complexity index is 480.